The average molecular weight is 552 g/mol. The highest BCUT2D eigenvalue weighted by atomic mass is 32.1. The van der Waals surface area contributed by atoms with Gasteiger partial charge in [-0.15, -0.1) is 12.6 Å². The molecular weight excluding hydrogens is 515 g/mol. The van der Waals surface area contributed by atoms with Gasteiger partial charge in [-0.3, -0.25) is 15.0 Å². The number of alkyl halides is 2. The van der Waals surface area contributed by atoms with E-state index in [1.807, 2.05) is 31.2 Å². The van der Waals surface area contributed by atoms with E-state index in [0.717, 1.165) is 17.7 Å². The second-order valence-electron chi connectivity index (χ2n) is 9.79. The number of likely N-dealkylation sites (tertiary alicyclic amines) is 2. The van der Waals surface area contributed by atoms with Crippen LogP contribution in [0.5, 0.6) is 0 Å². The number of thiol groups is 1. The van der Waals surface area contributed by atoms with E-state index in [1.54, 1.807) is 4.90 Å². The first kappa shape index (κ1) is 29.5. The molecule has 0 radical (unpaired) electrons. The highest BCUT2D eigenvalue weighted by molar-refractivity contribution is 7.80. The van der Waals surface area contributed by atoms with Crippen LogP contribution in [0, 0.1) is 11.3 Å². The summed E-state index contributed by atoms with van der Waals surface area (Å²) in [5.41, 5.74) is -5.29. The van der Waals surface area contributed by atoms with Crippen molar-refractivity contribution in [3.63, 3.8) is 0 Å². The summed E-state index contributed by atoms with van der Waals surface area (Å²) in [5, 5.41) is 19.5. The molecule has 37 heavy (non-hydrogen) atoms. The highest BCUT2D eigenvalue weighted by Gasteiger charge is 2.44. The number of allylic oxidation sites excluding steroid dienone is 2. The summed E-state index contributed by atoms with van der Waals surface area (Å²) in [4.78, 5) is 30.8. The van der Waals surface area contributed by atoms with E-state index in [0.29, 0.717) is 63.1 Å². The molecule has 0 bridgehead atoms. The number of carbonyl (C=O) groups is 2. The summed E-state index contributed by atoms with van der Waals surface area (Å²) in [6.07, 6.45) is 5.18. The molecule has 1 aromatic rings. The van der Waals surface area contributed by atoms with Crippen molar-refractivity contribution in [1.82, 2.24) is 9.80 Å². The minimum Gasteiger partial charge on any atom is -0.385 e. The van der Waals surface area contributed by atoms with Gasteiger partial charge in [0.05, 0.1) is 17.1 Å². The lowest BCUT2D eigenvalue weighted by molar-refractivity contribution is -0.146. The van der Waals surface area contributed by atoms with Crippen LogP contribution in [0.25, 0.3) is 0 Å². The van der Waals surface area contributed by atoms with Crippen molar-refractivity contribution < 1.29 is 23.5 Å². The lowest BCUT2D eigenvalue weighted by Gasteiger charge is -2.45. The maximum atomic E-state index is 14.1. The Balaban J connectivity index is 1.77. The van der Waals surface area contributed by atoms with E-state index in [1.165, 1.54) is 14.1 Å². The molecule has 3 unspecified atom stereocenters. The molecule has 0 aromatic heterocycles. The van der Waals surface area contributed by atoms with Crippen LogP contribution in [-0.2, 0) is 15.2 Å². The zero-order valence-corrected chi connectivity index (χ0v) is 23.2. The maximum Gasteiger partial charge on any atom is 0.286 e. The van der Waals surface area contributed by atoms with Crippen LogP contribution in [-0.4, -0.2) is 63.8 Å². The molecule has 3 rings (SSSR count). The standard InChI is InChI=1S/C27H36F2N3O3PS/c1-3-8-20(27(28,29)36)23(30)25(34)32-15-7-10-18(21(32)9-4-2)24(33)31-16-13-26(35,14-17-31)19-11-5-6-12-22(19)37/h3,5-6,8,11-12,18,21,30,35,37H,1,4,7,9-10,13-17,36H2,2H3/b20-8+,30-23?. The number of aliphatic hydroxyl groups is 1. The molecule has 10 heteroatoms. The molecule has 2 N–H and O–H groups in total. The van der Waals surface area contributed by atoms with Gasteiger partial charge in [-0.1, -0.05) is 59.5 Å². The van der Waals surface area contributed by atoms with Gasteiger partial charge in [0.25, 0.3) is 11.6 Å². The predicted molar refractivity (Wildman–Crippen MR) is 147 cm³/mol. The van der Waals surface area contributed by atoms with Gasteiger partial charge in [0.15, 0.2) is 0 Å². The zero-order valence-electron chi connectivity index (χ0n) is 21.1. The molecule has 2 saturated heterocycles. The second-order valence-corrected chi connectivity index (χ2v) is 11.0. The molecule has 202 valence electrons. The molecule has 6 nitrogen and oxygen atoms in total. The molecule has 2 aliphatic heterocycles. The highest BCUT2D eigenvalue weighted by Crippen LogP contribution is 2.38. The van der Waals surface area contributed by atoms with Crippen LogP contribution in [0.2, 0.25) is 0 Å². The molecule has 2 fully saturated rings. The molecule has 2 aliphatic rings. The first-order valence-corrected chi connectivity index (χ1v) is 13.7. The van der Waals surface area contributed by atoms with Crippen LogP contribution < -0.4 is 0 Å². The van der Waals surface area contributed by atoms with Crippen LogP contribution in [0.15, 0.2) is 53.5 Å². The van der Waals surface area contributed by atoms with Gasteiger partial charge in [-0.05, 0) is 43.7 Å². The fourth-order valence-corrected chi connectivity index (χ4v) is 6.07. The van der Waals surface area contributed by atoms with Crippen molar-refractivity contribution in [2.45, 2.75) is 67.7 Å². The van der Waals surface area contributed by atoms with Crippen molar-refractivity contribution in [3.05, 3.63) is 54.1 Å². The number of halogens is 2. The molecule has 0 spiro atoms. The summed E-state index contributed by atoms with van der Waals surface area (Å²) >= 11 is 4.48. The van der Waals surface area contributed by atoms with Gasteiger partial charge in [0.2, 0.25) is 5.91 Å². The number of amides is 2. The van der Waals surface area contributed by atoms with Gasteiger partial charge in [-0.2, -0.15) is 8.78 Å². The SMILES string of the molecule is C=C/C=C(\C(=N)C(=O)N1CCCC(C(=O)N2CCC(O)(c3ccccc3S)CC2)C1CCC)C(F)(F)P. The van der Waals surface area contributed by atoms with Gasteiger partial charge < -0.3 is 14.9 Å². The van der Waals surface area contributed by atoms with Crippen LogP contribution in [0.4, 0.5) is 8.78 Å². The Morgan fingerprint density at radius 1 is 1.30 bits per heavy atom. The molecule has 1 aromatic carbocycles. The van der Waals surface area contributed by atoms with Gasteiger partial charge >= 0.3 is 0 Å². The average Bonchev–Trinajstić information content (AvgIpc) is 2.86. The summed E-state index contributed by atoms with van der Waals surface area (Å²) in [6, 6.07) is 6.91. The third kappa shape index (κ3) is 6.50. The Kier molecular flexibility index (Phi) is 9.70. The minimum atomic E-state index is -3.46. The van der Waals surface area contributed by atoms with Crippen molar-refractivity contribution in [1.29, 1.82) is 5.41 Å². The van der Waals surface area contributed by atoms with Crippen molar-refractivity contribution in [2.24, 2.45) is 5.92 Å². The van der Waals surface area contributed by atoms with Crippen molar-refractivity contribution in [3.8, 4) is 0 Å². The van der Waals surface area contributed by atoms with Crippen LogP contribution in [0.1, 0.15) is 51.0 Å². The number of carbonyl (C=O) groups excluding carboxylic acids is 2. The molecule has 0 aliphatic carbocycles. The molecule has 0 saturated carbocycles. The normalized spacial score (nSPS) is 22.5. The maximum absolute atomic E-state index is 14.1. The smallest absolute Gasteiger partial charge is 0.286 e. The Morgan fingerprint density at radius 3 is 2.51 bits per heavy atom. The Morgan fingerprint density at radius 2 is 1.95 bits per heavy atom. The third-order valence-electron chi connectivity index (χ3n) is 7.38. The zero-order chi connectivity index (χ0) is 27.4. The lowest BCUT2D eigenvalue weighted by Crippen LogP contribution is -2.56. The van der Waals surface area contributed by atoms with Gasteiger partial charge in [-0.25, -0.2) is 0 Å². The number of nitrogens with one attached hydrogen (secondary N) is 1. The van der Waals surface area contributed by atoms with Gasteiger partial charge in [0, 0.05) is 30.6 Å². The third-order valence-corrected chi connectivity index (χ3v) is 8.08. The van der Waals surface area contributed by atoms with E-state index in [2.05, 4.69) is 19.2 Å². The monoisotopic (exact) mass is 551 g/mol. The number of nitrogens with zero attached hydrogens (tertiary/aromatic N) is 2. The fraction of sp³-hybridized carbons (Fsp3) is 0.519. The Hall–Kier alpha value is -2.09. The van der Waals surface area contributed by atoms with Crippen molar-refractivity contribution in [2.75, 3.05) is 19.6 Å². The molecular formula is C27H36F2N3O3PS. The van der Waals surface area contributed by atoms with Gasteiger partial charge in [0.1, 0.15) is 5.71 Å². The Labute approximate surface area is 225 Å². The van der Waals surface area contributed by atoms with E-state index in [4.69, 9.17) is 5.41 Å². The second kappa shape index (κ2) is 12.2. The summed E-state index contributed by atoms with van der Waals surface area (Å²) in [7, 11) is 1.36. The largest absolute Gasteiger partial charge is 0.385 e. The lowest BCUT2D eigenvalue weighted by atomic mass is 9.81. The van der Waals surface area contributed by atoms with E-state index >= 15 is 0 Å². The fourth-order valence-electron chi connectivity index (χ4n) is 5.46. The number of piperidine rings is 2. The van der Waals surface area contributed by atoms with E-state index in [-0.39, 0.29) is 5.91 Å². The van der Waals surface area contributed by atoms with Crippen molar-refractivity contribution >= 4 is 39.4 Å². The first-order chi connectivity index (χ1) is 17.4. The Bertz CT molecular complexity index is 1070. The summed E-state index contributed by atoms with van der Waals surface area (Å²) in [5.74, 6) is -1.39. The number of hydrogen-bond donors (Lipinski definition) is 3. The minimum absolute atomic E-state index is 0.0954. The van der Waals surface area contributed by atoms with Crippen LogP contribution in [0.3, 0.4) is 0 Å². The number of hydrogen-bond acceptors (Lipinski definition) is 5. The summed E-state index contributed by atoms with van der Waals surface area (Å²) in [6.45, 7) is 6.40. The topological polar surface area (TPSA) is 84.7 Å². The molecule has 3 atom stereocenters. The summed E-state index contributed by atoms with van der Waals surface area (Å²) < 4.78 is 28.2. The number of rotatable bonds is 8. The number of benzene rings is 1. The quantitative estimate of drug-likeness (QED) is 0.188. The van der Waals surface area contributed by atoms with E-state index < -0.39 is 40.4 Å². The predicted octanol–water partition coefficient (Wildman–Crippen LogP) is 4.79. The molecule has 2 heterocycles. The van der Waals surface area contributed by atoms with E-state index in [9.17, 15) is 23.5 Å². The first-order valence-electron chi connectivity index (χ1n) is 12.6. The molecule has 2 amide bonds. The van der Waals surface area contributed by atoms with Crippen LogP contribution >= 0.6 is 21.9 Å².